The van der Waals surface area contributed by atoms with E-state index in [4.69, 9.17) is 9.73 Å². The van der Waals surface area contributed by atoms with Gasteiger partial charge in [-0.3, -0.25) is 9.58 Å². The van der Waals surface area contributed by atoms with Gasteiger partial charge in [-0.1, -0.05) is 19.3 Å². The number of nitrogens with zero attached hydrogens (tertiary/aromatic N) is 4. The van der Waals surface area contributed by atoms with E-state index in [2.05, 4.69) is 41.4 Å². The van der Waals surface area contributed by atoms with E-state index in [1.165, 1.54) is 49.9 Å². The molecule has 0 atom stereocenters. The zero-order valence-corrected chi connectivity index (χ0v) is 18.9. The molecule has 7 heteroatoms. The van der Waals surface area contributed by atoms with Crippen LogP contribution in [0.5, 0.6) is 0 Å². The summed E-state index contributed by atoms with van der Waals surface area (Å²) in [4.78, 5) is 7.49. The van der Waals surface area contributed by atoms with Gasteiger partial charge < -0.3 is 15.4 Å². The molecule has 1 saturated heterocycles. The van der Waals surface area contributed by atoms with Crippen LogP contribution in [0.2, 0.25) is 0 Å². The Morgan fingerprint density at radius 3 is 2.48 bits per heavy atom. The van der Waals surface area contributed by atoms with Crippen LogP contribution in [-0.4, -0.2) is 66.6 Å². The Morgan fingerprint density at radius 2 is 1.86 bits per heavy atom. The molecule has 0 unspecified atom stereocenters. The first kappa shape index (κ1) is 22.1. The maximum Gasteiger partial charge on any atom is 0.191 e. The summed E-state index contributed by atoms with van der Waals surface area (Å²) in [6.45, 7) is 13.9. The van der Waals surface area contributed by atoms with E-state index < -0.39 is 0 Å². The molecule has 0 amide bonds. The molecule has 3 rings (SSSR count). The molecule has 1 aromatic rings. The van der Waals surface area contributed by atoms with Crippen molar-refractivity contribution in [2.75, 3.05) is 45.9 Å². The van der Waals surface area contributed by atoms with Crippen molar-refractivity contribution >= 4 is 5.96 Å². The monoisotopic (exact) mass is 404 g/mol. The standard InChI is InChI=1S/C22H40N6O/c1-5-23-21(24-15-20-18(2)26-27(4)19(20)3)25-16-22(9-7-6-8-10-22)17-28-11-13-29-14-12-28/h5-17H2,1-4H3,(H2,23,24,25). The molecule has 0 spiro atoms. The molecule has 164 valence electrons. The Balaban J connectivity index is 1.65. The summed E-state index contributed by atoms with van der Waals surface area (Å²) in [5.41, 5.74) is 3.83. The van der Waals surface area contributed by atoms with E-state index in [1.54, 1.807) is 0 Å². The van der Waals surface area contributed by atoms with Crippen LogP contribution in [0.25, 0.3) is 0 Å². The summed E-state index contributed by atoms with van der Waals surface area (Å²) < 4.78 is 7.50. The summed E-state index contributed by atoms with van der Waals surface area (Å²) >= 11 is 0. The third-order valence-electron chi connectivity index (χ3n) is 6.61. The molecule has 0 radical (unpaired) electrons. The number of rotatable bonds is 7. The van der Waals surface area contributed by atoms with Crippen molar-refractivity contribution in [2.45, 2.75) is 59.4 Å². The minimum Gasteiger partial charge on any atom is -0.379 e. The van der Waals surface area contributed by atoms with E-state index in [9.17, 15) is 0 Å². The summed E-state index contributed by atoms with van der Waals surface area (Å²) in [6, 6.07) is 0. The first-order chi connectivity index (χ1) is 14.0. The first-order valence-electron chi connectivity index (χ1n) is 11.3. The number of aliphatic imine (C=N–C) groups is 1. The average Bonchev–Trinajstić information content (AvgIpc) is 2.97. The molecule has 0 aromatic carbocycles. The van der Waals surface area contributed by atoms with Gasteiger partial charge in [-0.2, -0.15) is 5.10 Å². The van der Waals surface area contributed by atoms with Crippen LogP contribution in [0.1, 0.15) is 56.0 Å². The van der Waals surface area contributed by atoms with Gasteiger partial charge in [0.25, 0.3) is 0 Å². The van der Waals surface area contributed by atoms with Crippen LogP contribution in [0.3, 0.4) is 0 Å². The molecule has 2 N–H and O–H groups in total. The Morgan fingerprint density at radius 1 is 1.14 bits per heavy atom. The van der Waals surface area contributed by atoms with Gasteiger partial charge in [-0.05, 0) is 33.6 Å². The van der Waals surface area contributed by atoms with Crippen LogP contribution in [0.15, 0.2) is 4.99 Å². The largest absolute Gasteiger partial charge is 0.379 e. The second-order valence-electron chi connectivity index (χ2n) is 8.77. The van der Waals surface area contributed by atoms with E-state index in [1.807, 2.05) is 11.7 Å². The molecule has 2 aliphatic rings. The summed E-state index contributed by atoms with van der Waals surface area (Å²) in [7, 11) is 2.00. The van der Waals surface area contributed by atoms with Gasteiger partial charge in [-0.15, -0.1) is 0 Å². The van der Waals surface area contributed by atoms with Gasteiger partial charge in [0.05, 0.1) is 25.5 Å². The van der Waals surface area contributed by atoms with Gasteiger partial charge in [0.1, 0.15) is 0 Å². The highest BCUT2D eigenvalue weighted by molar-refractivity contribution is 5.79. The molecule has 1 saturated carbocycles. The van der Waals surface area contributed by atoms with E-state index in [0.29, 0.717) is 12.0 Å². The highest BCUT2D eigenvalue weighted by atomic mass is 16.5. The van der Waals surface area contributed by atoms with Crippen LogP contribution in [0, 0.1) is 19.3 Å². The lowest BCUT2D eigenvalue weighted by Gasteiger charge is -2.42. The minimum absolute atomic E-state index is 0.339. The van der Waals surface area contributed by atoms with Crippen molar-refractivity contribution in [1.29, 1.82) is 0 Å². The Kier molecular flexibility index (Phi) is 7.95. The van der Waals surface area contributed by atoms with Crippen LogP contribution in [0.4, 0.5) is 0 Å². The van der Waals surface area contributed by atoms with Gasteiger partial charge in [0, 0.05) is 56.4 Å². The van der Waals surface area contributed by atoms with Crippen molar-refractivity contribution in [3.63, 3.8) is 0 Å². The van der Waals surface area contributed by atoms with Crippen molar-refractivity contribution in [2.24, 2.45) is 17.5 Å². The third kappa shape index (κ3) is 5.95. The van der Waals surface area contributed by atoms with E-state index in [-0.39, 0.29) is 0 Å². The fourth-order valence-corrected chi connectivity index (χ4v) is 4.74. The first-order valence-corrected chi connectivity index (χ1v) is 11.3. The average molecular weight is 405 g/mol. The van der Waals surface area contributed by atoms with E-state index >= 15 is 0 Å². The number of ether oxygens (including phenoxy) is 1. The Hall–Kier alpha value is -1.60. The van der Waals surface area contributed by atoms with Crippen molar-refractivity contribution in [3.8, 4) is 0 Å². The fourth-order valence-electron chi connectivity index (χ4n) is 4.74. The second-order valence-corrected chi connectivity index (χ2v) is 8.77. The Labute approximate surface area is 176 Å². The number of hydrogen-bond acceptors (Lipinski definition) is 4. The number of aromatic nitrogens is 2. The maximum absolute atomic E-state index is 5.55. The lowest BCUT2D eigenvalue weighted by atomic mass is 9.73. The van der Waals surface area contributed by atoms with Gasteiger partial charge in [0.2, 0.25) is 0 Å². The molecule has 0 bridgehead atoms. The van der Waals surface area contributed by atoms with Gasteiger partial charge >= 0.3 is 0 Å². The predicted molar refractivity (Wildman–Crippen MR) is 118 cm³/mol. The molecular weight excluding hydrogens is 364 g/mol. The quantitative estimate of drug-likeness (QED) is 0.540. The second kappa shape index (κ2) is 10.4. The molecular formula is C22H40N6O. The van der Waals surface area contributed by atoms with Gasteiger partial charge in [0.15, 0.2) is 5.96 Å². The molecule has 1 aliphatic heterocycles. The van der Waals surface area contributed by atoms with Crippen molar-refractivity contribution in [3.05, 3.63) is 17.0 Å². The van der Waals surface area contributed by atoms with Crippen molar-refractivity contribution < 1.29 is 4.74 Å². The number of aryl methyl sites for hydroxylation is 2. The smallest absolute Gasteiger partial charge is 0.191 e. The summed E-state index contributed by atoms with van der Waals surface area (Å²) in [5.74, 6) is 0.919. The van der Waals surface area contributed by atoms with Gasteiger partial charge in [-0.25, -0.2) is 4.99 Å². The maximum atomic E-state index is 5.55. The summed E-state index contributed by atoms with van der Waals surface area (Å²) in [6.07, 6.45) is 6.66. The normalized spacial score (nSPS) is 20.6. The highest BCUT2D eigenvalue weighted by Gasteiger charge is 2.34. The van der Waals surface area contributed by atoms with Crippen molar-refractivity contribution in [1.82, 2.24) is 25.3 Å². The summed E-state index contributed by atoms with van der Waals surface area (Å²) in [5, 5.41) is 11.6. The minimum atomic E-state index is 0.339. The molecule has 1 aliphatic carbocycles. The zero-order chi connectivity index (χ0) is 20.7. The molecule has 2 heterocycles. The predicted octanol–water partition coefficient (Wildman–Crippen LogP) is 2.37. The third-order valence-corrected chi connectivity index (χ3v) is 6.61. The zero-order valence-electron chi connectivity index (χ0n) is 18.9. The lowest BCUT2D eigenvalue weighted by molar-refractivity contribution is 0.00820. The highest BCUT2D eigenvalue weighted by Crippen LogP contribution is 2.36. The van der Waals surface area contributed by atoms with Crippen LogP contribution < -0.4 is 10.6 Å². The van der Waals surface area contributed by atoms with Crippen LogP contribution in [-0.2, 0) is 18.3 Å². The number of hydrogen-bond donors (Lipinski definition) is 2. The lowest BCUT2D eigenvalue weighted by Crippen LogP contribution is -2.51. The molecule has 1 aromatic heterocycles. The fraction of sp³-hybridized carbons (Fsp3) is 0.818. The molecule has 7 nitrogen and oxygen atoms in total. The molecule has 2 fully saturated rings. The SMILES string of the molecule is CCNC(=NCc1c(C)nn(C)c1C)NCC1(CN2CCOCC2)CCCCC1. The molecule has 29 heavy (non-hydrogen) atoms. The number of guanidine groups is 1. The number of nitrogens with one attached hydrogen (secondary N) is 2. The number of morpholine rings is 1. The Bertz CT molecular complexity index is 671. The topological polar surface area (TPSA) is 66.7 Å². The van der Waals surface area contributed by atoms with E-state index in [0.717, 1.165) is 51.0 Å². The van der Waals surface area contributed by atoms with Crippen LogP contribution >= 0.6 is 0 Å².